The van der Waals surface area contributed by atoms with Crippen LogP contribution in [0.25, 0.3) is 0 Å². The molecule has 0 amide bonds. The summed E-state index contributed by atoms with van der Waals surface area (Å²) in [5.74, 6) is 1.57. The van der Waals surface area contributed by atoms with Crippen LogP contribution < -0.4 is 0 Å². The highest BCUT2D eigenvalue weighted by molar-refractivity contribution is 5.83. The van der Waals surface area contributed by atoms with E-state index in [0.29, 0.717) is 36.0 Å². The second kappa shape index (κ2) is 17.4. The topological polar surface area (TPSA) is 66.8 Å². The summed E-state index contributed by atoms with van der Waals surface area (Å²) in [6.07, 6.45) is 29.2. The second-order valence-corrected chi connectivity index (χ2v) is 18.2. The lowest BCUT2D eigenvalue weighted by atomic mass is 9.60. The molecule has 4 heteroatoms. The predicted octanol–water partition coefficient (Wildman–Crippen LogP) is 11.8. The van der Waals surface area contributed by atoms with Crippen LogP contribution >= 0.6 is 0 Å². The summed E-state index contributed by atoms with van der Waals surface area (Å²) in [6.45, 7) is 23.9. The van der Waals surface area contributed by atoms with Gasteiger partial charge in [0.25, 0.3) is 0 Å². The molecule has 2 N–H and O–H groups in total. The minimum absolute atomic E-state index is 0.222. The van der Waals surface area contributed by atoms with E-state index in [1.54, 1.807) is 6.08 Å². The fourth-order valence-corrected chi connectivity index (χ4v) is 9.87. The smallest absolute Gasteiger partial charge is 0.331 e. The first-order valence-electron chi connectivity index (χ1n) is 20.0. The molecule has 4 rings (SSSR count). The Morgan fingerprint density at radius 2 is 1.78 bits per heavy atom. The van der Waals surface area contributed by atoms with Gasteiger partial charge in [-0.15, -0.1) is 0 Å². The van der Waals surface area contributed by atoms with Crippen molar-refractivity contribution in [2.24, 2.45) is 28.6 Å². The van der Waals surface area contributed by atoms with Gasteiger partial charge in [0.15, 0.2) is 0 Å². The highest BCUT2D eigenvalue weighted by Gasteiger charge is 2.50. The molecular weight excluding hydrogens is 629 g/mol. The monoisotopic (exact) mass is 699 g/mol. The zero-order valence-corrected chi connectivity index (χ0v) is 33.6. The van der Waals surface area contributed by atoms with Gasteiger partial charge in [0.05, 0.1) is 11.7 Å². The van der Waals surface area contributed by atoms with E-state index in [4.69, 9.17) is 4.74 Å². The summed E-state index contributed by atoms with van der Waals surface area (Å²) >= 11 is 0. The van der Waals surface area contributed by atoms with Crippen molar-refractivity contribution in [2.75, 3.05) is 0 Å². The minimum Gasteiger partial charge on any atom is -0.459 e. The molecule has 0 aromatic carbocycles. The summed E-state index contributed by atoms with van der Waals surface area (Å²) < 4.78 is 5.89. The molecule has 0 saturated heterocycles. The number of aliphatic hydroxyl groups is 2. The third kappa shape index (κ3) is 11.2. The van der Waals surface area contributed by atoms with Gasteiger partial charge in [-0.2, -0.15) is 0 Å². The second-order valence-electron chi connectivity index (χ2n) is 18.2. The van der Waals surface area contributed by atoms with E-state index in [2.05, 4.69) is 78.5 Å². The quantitative estimate of drug-likeness (QED) is 0.121. The predicted molar refractivity (Wildman–Crippen MR) is 214 cm³/mol. The molecule has 0 aliphatic heterocycles. The summed E-state index contributed by atoms with van der Waals surface area (Å²) in [5, 5.41) is 21.1. The summed E-state index contributed by atoms with van der Waals surface area (Å²) in [4.78, 5) is 12.9. The Balaban J connectivity index is 1.35. The first kappa shape index (κ1) is 41.1. The number of fused-ring (bicyclic) bond motifs is 1. The van der Waals surface area contributed by atoms with E-state index >= 15 is 0 Å². The van der Waals surface area contributed by atoms with E-state index in [-0.39, 0.29) is 17.5 Å². The molecule has 0 spiro atoms. The molecule has 3 fully saturated rings. The molecule has 3 saturated carbocycles. The van der Waals surface area contributed by atoms with E-state index in [9.17, 15) is 15.0 Å². The standard InChI is InChI=1S/C47H70O4/c1-32(20-23-40-34(3)17-12-26-45(40,6)7)15-11-16-33(2)29-44(49)51-39-30-38(36(5)43(48)31-39)22-21-37-19-14-28-47(10)41(24-25-42(37)47)35(4)18-13-27-46(8,9)50/h11,15-16,20-23,29,35,39,41-43,48,50H,5,12-14,17-19,24-28,30-31H2,1-4,6-10H3/t35-,39-,41-,42+,43+,47-/m1/s1. The molecule has 4 aliphatic rings. The molecule has 0 aromatic heterocycles. The van der Waals surface area contributed by atoms with Crippen molar-refractivity contribution in [1.29, 1.82) is 0 Å². The molecule has 51 heavy (non-hydrogen) atoms. The molecule has 282 valence electrons. The highest BCUT2D eigenvalue weighted by Crippen LogP contribution is 2.60. The van der Waals surface area contributed by atoms with E-state index in [0.717, 1.165) is 41.6 Å². The number of ether oxygens (including phenoxy) is 1. The normalized spacial score (nSPS) is 31.6. The molecule has 0 aromatic rings. The maximum Gasteiger partial charge on any atom is 0.331 e. The Morgan fingerprint density at radius 3 is 2.49 bits per heavy atom. The van der Waals surface area contributed by atoms with Crippen LogP contribution in [-0.2, 0) is 9.53 Å². The number of hydrogen-bond acceptors (Lipinski definition) is 4. The van der Waals surface area contributed by atoms with Gasteiger partial charge >= 0.3 is 5.97 Å². The third-order valence-electron chi connectivity index (χ3n) is 12.8. The fraction of sp³-hybridized carbons (Fsp3) is 0.638. The van der Waals surface area contributed by atoms with Gasteiger partial charge in [-0.25, -0.2) is 4.79 Å². The van der Waals surface area contributed by atoms with Gasteiger partial charge in [-0.05, 0) is 143 Å². The van der Waals surface area contributed by atoms with Crippen molar-refractivity contribution < 1.29 is 19.7 Å². The zero-order chi connectivity index (χ0) is 37.6. The van der Waals surface area contributed by atoms with Gasteiger partial charge in [0.1, 0.15) is 6.10 Å². The first-order valence-corrected chi connectivity index (χ1v) is 20.0. The van der Waals surface area contributed by atoms with E-state index in [1.807, 2.05) is 32.9 Å². The molecule has 0 radical (unpaired) electrons. The molecule has 4 aliphatic carbocycles. The highest BCUT2D eigenvalue weighted by atomic mass is 16.5. The van der Waals surface area contributed by atoms with Crippen LogP contribution in [0.5, 0.6) is 0 Å². The number of rotatable bonds is 12. The average molecular weight is 699 g/mol. The van der Waals surface area contributed by atoms with Crippen LogP contribution in [-0.4, -0.2) is 34.0 Å². The number of hydrogen-bond donors (Lipinski definition) is 2. The van der Waals surface area contributed by atoms with Crippen LogP contribution in [0.3, 0.4) is 0 Å². The number of carbonyl (C=O) groups is 1. The Labute approximate surface area is 311 Å². The minimum atomic E-state index is -0.719. The molecule has 0 bridgehead atoms. The van der Waals surface area contributed by atoms with Crippen molar-refractivity contribution in [2.45, 2.75) is 164 Å². The number of esters is 1. The van der Waals surface area contributed by atoms with Gasteiger partial charge in [0.2, 0.25) is 0 Å². The summed E-state index contributed by atoms with van der Waals surface area (Å²) in [7, 11) is 0. The lowest BCUT2D eigenvalue weighted by Crippen LogP contribution is -2.36. The largest absolute Gasteiger partial charge is 0.459 e. The van der Waals surface area contributed by atoms with Crippen LogP contribution in [0.1, 0.15) is 146 Å². The van der Waals surface area contributed by atoms with Crippen molar-refractivity contribution in [3.63, 3.8) is 0 Å². The van der Waals surface area contributed by atoms with Crippen LogP contribution in [0.15, 0.2) is 94.2 Å². The van der Waals surface area contributed by atoms with Crippen molar-refractivity contribution >= 4 is 5.97 Å². The zero-order valence-electron chi connectivity index (χ0n) is 33.6. The van der Waals surface area contributed by atoms with E-state index in [1.165, 1.54) is 68.1 Å². The first-order chi connectivity index (χ1) is 23.9. The molecule has 0 unspecified atom stereocenters. The lowest BCUT2D eigenvalue weighted by Gasteiger charge is -2.44. The Morgan fingerprint density at radius 1 is 1.06 bits per heavy atom. The van der Waals surface area contributed by atoms with Crippen LogP contribution in [0.4, 0.5) is 0 Å². The van der Waals surface area contributed by atoms with Gasteiger partial charge in [-0.3, -0.25) is 0 Å². The van der Waals surface area contributed by atoms with Gasteiger partial charge in [-0.1, -0.05) is 106 Å². The molecule has 0 heterocycles. The van der Waals surface area contributed by atoms with Crippen LogP contribution in [0, 0.1) is 28.6 Å². The fourth-order valence-electron chi connectivity index (χ4n) is 9.87. The third-order valence-corrected chi connectivity index (χ3v) is 12.8. The van der Waals surface area contributed by atoms with Gasteiger partial charge in [0, 0.05) is 18.9 Å². The Hall–Kier alpha value is -2.69. The molecule has 6 atom stereocenters. The SMILES string of the molecule is C=C1C(=CC=C2CCC[C@]3(C)[C@@H]([C@H](C)CCCC(C)(C)O)CC[C@@H]23)C[C@@H](OC(=O)C=C(C)C=CC=C(C)C=CC2=C(C)CCCC2(C)C)C[C@@H]1O. The molecular formula is C47H70O4. The maximum absolute atomic E-state index is 12.9. The molecule has 4 nitrogen and oxygen atoms in total. The summed E-state index contributed by atoms with van der Waals surface area (Å²) in [5.41, 5.74) is 8.13. The number of carbonyl (C=O) groups excluding carboxylic acids is 1. The van der Waals surface area contributed by atoms with Crippen LogP contribution in [0.2, 0.25) is 0 Å². The maximum atomic E-state index is 12.9. The van der Waals surface area contributed by atoms with E-state index < -0.39 is 11.7 Å². The van der Waals surface area contributed by atoms with Gasteiger partial charge < -0.3 is 14.9 Å². The van der Waals surface area contributed by atoms with Crippen molar-refractivity contribution in [3.05, 3.63) is 94.2 Å². The Bertz CT molecular complexity index is 1480. The van der Waals surface area contributed by atoms with Crippen molar-refractivity contribution in [3.8, 4) is 0 Å². The van der Waals surface area contributed by atoms with Crippen molar-refractivity contribution in [1.82, 2.24) is 0 Å². The summed E-state index contributed by atoms with van der Waals surface area (Å²) in [6, 6.07) is 0. The lowest BCUT2D eigenvalue weighted by molar-refractivity contribution is -0.144. The average Bonchev–Trinajstić information content (AvgIpc) is 3.38. The number of aliphatic hydroxyl groups excluding tert-OH is 1. The number of allylic oxidation sites excluding steroid dienone is 12. The Kier molecular flexibility index (Phi) is 14.0.